The van der Waals surface area contributed by atoms with Gasteiger partial charge in [-0.2, -0.15) is 0 Å². The van der Waals surface area contributed by atoms with E-state index in [1.807, 2.05) is 6.07 Å². The first-order valence-electron chi connectivity index (χ1n) is 6.20. The van der Waals surface area contributed by atoms with E-state index in [0.717, 1.165) is 13.0 Å². The third kappa shape index (κ3) is 1.40. The van der Waals surface area contributed by atoms with Crippen LogP contribution in [0.5, 0.6) is 0 Å². The SMILES string of the molecule is C[C@@]12CCCN1[C@@H](c1ccccc1)[C@H](O)C2. The lowest BCUT2D eigenvalue weighted by atomic mass is 9.95. The van der Waals surface area contributed by atoms with Gasteiger partial charge in [0.1, 0.15) is 0 Å². The van der Waals surface area contributed by atoms with Crippen molar-refractivity contribution >= 4 is 0 Å². The topological polar surface area (TPSA) is 23.5 Å². The summed E-state index contributed by atoms with van der Waals surface area (Å²) in [5.74, 6) is 0. The number of fused-ring (bicyclic) bond motifs is 1. The molecule has 0 radical (unpaired) electrons. The zero-order valence-corrected chi connectivity index (χ0v) is 9.76. The Labute approximate surface area is 96.9 Å². The van der Waals surface area contributed by atoms with Crippen molar-refractivity contribution in [1.82, 2.24) is 4.90 Å². The number of benzene rings is 1. The maximum absolute atomic E-state index is 10.3. The quantitative estimate of drug-likeness (QED) is 0.780. The highest BCUT2D eigenvalue weighted by atomic mass is 16.3. The van der Waals surface area contributed by atoms with Gasteiger partial charge < -0.3 is 5.11 Å². The average Bonchev–Trinajstić information content (AvgIpc) is 2.72. The first kappa shape index (κ1) is 10.3. The maximum atomic E-state index is 10.3. The molecule has 1 N–H and O–H groups in total. The van der Waals surface area contributed by atoms with Gasteiger partial charge in [-0.05, 0) is 38.3 Å². The van der Waals surface area contributed by atoms with Gasteiger partial charge in [0.25, 0.3) is 0 Å². The van der Waals surface area contributed by atoms with Crippen molar-refractivity contribution in [3.63, 3.8) is 0 Å². The molecule has 16 heavy (non-hydrogen) atoms. The molecule has 0 aliphatic carbocycles. The molecule has 0 unspecified atom stereocenters. The minimum absolute atomic E-state index is 0.201. The predicted octanol–water partition coefficient (Wildman–Crippen LogP) is 2.35. The van der Waals surface area contributed by atoms with Crippen LogP contribution in [0, 0.1) is 0 Å². The standard InChI is InChI=1S/C14H19NO/c1-14-8-5-9-15(14)13(12(16)10-14)11-6-3-2-4-7-11/h2-4,6-7,12-13,16H,5,8-10H2,1H3/t12-,13+,14+/m1/s1. The molecule has 2 heteroatoms. The molecule has 2 saturated heterocycles. The molecule has 1 aromatic rings. The summed E-state index contributed by atoms with van der Waals surface area (Å²) in [6, 6.07) is 10.7. The minimum Gasteiger partial charge on any atom is -0.391 e. The van der Waals surface area contributed by atoms with Crippen molar-refractivity contribution in [2.24, 2.45) is 0 Å². The van der Waals surface area contributed by atoms with Gasteiger partial charge in [-0.25, -0.2) is 0 Å². The molecule has 2 aliphatic rings. The van der Waals surface area contributed by atoms with Crippen molar-refractivity contribution in [2.75, 3.05) is 6.54 Å². The summed E-state index contributed by atoms with van der Waals surface area (Å²) in [5.41, 5.74) is 1.50. The first-order valence-corrected chi connectivity index (χ1v) is 6.20. The van der Waals surface area contributed by atoms with Gasteiger partial charge >= 0.3 is 0 Å². The molecule has 86 valence electrons. The van der Waals surface area contributed by atoms with E-state index in [1.165, 1.54) is 18.4 Å². The summed E-state index contributed by atoms with van der Waals surface area (Å²) in [7, 11) is 0. The molecule has 2 aliphatic heterocycles. The third-order valence-corrected chi connectivity index (χ3v) is 4.30. The molecule has 2 heterocycles. The molecule has 3 rings (SSSR count). The van der Waals surface area contributed by atoms with Crippen LogP contribution in [0.1, 0.15) is 37.8 Å². The lowest BCUT2D eigenvalue weighted by Gasteiger charge is -2.31. The molecule has 0 aromatic heterocycles. The highest BCUT2D eigenvalue weighted by Gasteiger charge is 2.50. The first-order chi connectivity index (χ1) is 7.71. The van der Waals surface area contributed by atoms with Gasteiger partial charge in [-0.15, -0.1) is 0 Å². The Balaban J connectivity index is 1.96. The summed E-state index contributed by atoms with van der Waals surface area (Å²) in [6.45, 7) is 3.43. The molecule has 2 fully saturated rings. The van der Waals surface area contributed by atoms with Gasteiger partial charge in [0.05, 0.1) is 12.1 Å². The van der Waals surface area contributed by atoms with Crippen LogP contribution < -0.4 is 0 Å². The fourth-order valence-corrected chi connectivity index (χ4v) is 3.56. The molecule has 0 bridgehead atoms. The summed E-state index contributed by atoms with van der Waals surface area (Å²) in [5, 5.41) is 10.3. The van der Waals surface area contributed by atoms with Crippen molar-refractivity contribution < 1.29 is 5.11 Å². The van der Waals surface area contributed by atoms with Gasteiger partial charge in [-0.3, -0.25) is 4.90 Å². The summed E-state index contributed by atoms with van der Waals surface area (Å²) in [6.07, 6.45) is 3.22. The van der Waals surface area contributed by atoms with Crippen LogP contribution in [-0.2, 0) is 0 Å². The van der Waals surface area contributed by atoms with Gasteiger partial charge in [-0.1, -0.05) is 30.3 Å². The molecule has 0 saturated carbocycles. The molecule has 2 nitrogen and oxygen atoms in total. The number of hydrogen-bond donors (Lipinski definition) is 1. The van der Waals surface area contributed by atoms with Crippen molar-refractivity contribution in [2.45, 2.75) is 43.9 Å². The fourth-order valence-electron chi connectivity index (χ4n) is 3.56. The van der Waals surface area contributed by atoms with Crippen LogP contribution in [0.2, 0.25) is 0 Å². The molecule has 3 atom stereocenters. The monoisotopic (exact) mass is 217 g/mol. The number of aliphatic hydroxyl groups is 1. The van der Waals surface area contributed by atoms with Crippen LogP contribution in [0.4, 0.5) is 0 Å². The summed E-state index contributed by atoms with van der Waals surface area (Å²) >= 11 is 0. The van der Waals surface area contributed by atoms with E-state index in [2.05, 4.69) is 36.1 Å². The van der Waals surface area contributed by atoms with Crippen molar-refractivity contribution in [3.05, 3.63) is 35.9 Å². The number of nitrogens with zero attached hydrogens (tertiary/aromatic N) is 1. The molecule has 1 aromatic carbocycles. The van der Waals surface area contributed by atoms with Crippen LogP contribution in [0.25, 0.3) is 0 Å². The second-order valence-corrected chi connectivity index (χ2v) is 5.42. The van der Waals surface area contributed by atoms with Crippen molar-refractivity contribution in [1.29, 1.82) is 0 Å². The highest BCUT2D eigenvalue weighted by Crippen LogP contribution is 2.48. The highest BCUT2D eigenvalue weighted by molar-refractivity contribution is 5.24. The lowest BCUT2D eigenvalue weighted by molar-refractivity contribution is 0.111. The fraction of sp³-hybridized carbons (Fsp3) is 0.571. The largest absolute Gasteiger partial charge is 0.391 e. The Bertz CT molecular complexity index is 378. The second kappa shape index (κ2) is 3.57. The number of hydrogen-bond acceptors (Lipinski definition) is 2. The van der Waals surface area contributed by atoms with E-state index in [1.54, 1.807) is 0 Å². The van der Waals surface area contributed by atoms with Gasteiger partial charge in [0.15, 0.2) is 0 Å². The minimum atomic E-state index is -0.201. The maximum Gasteiger partial charge on any atom is 0.0754 e. The lowest BCUT2D eigenvalue weighted by Crippen LogP contribution is -2.36. The van der Waals surface area contributed by atoms with E-state index in [0.29, 0.717) is 0 Å². The molecular formula is C14H19NO. The van der Waals surface area contributed by atoms with Crippen molar-refractivity contribution in [3.8, 4) is 0 Å². The Morgan fingerprint density at radius 1 is 1.31 bits per heavy atom. The Morgan fingerprint density at radius 3 is 2.81 bits per heavy atom. The zero-order chi connectivity index (χ0) is 11.2. The summed E-state index contributed by atoms with van der Waals surface area (Å²) < 4.78 is 0. The third-order valence-electron chi connectivity index (χ3n) is 4.30. The van der Waals surface area contributed by atoms with E-state index >= 15 is 0 Å². The predicted molar refractivity (Wildman–Crippen MR) is 64.2 cm³/mol. The van der Waals surface area contributed by atoms with Crippen LogP contribution >= 0.6 is 0 Å². The normalized spacial score (nSPS) is 38.9. The van der Waals surface area contributed by atoms with E-state index in [4.69, 9.17) is 0 Å². The smallest absolute Gasteiger partial charge is 0.0754 e. The van der Waals surface area contributed by atoms with E-state index in [9.17, 15) is 5.11 Å². The number of aliphatic hydroxyl groups excluding tert-OH is 1. The molecule has 0 amide bonds. The Hall–Kier alpha value is -0.860. The summed E-state index contributed by atoms with van der Waals surface area (Å²) in [4.78, 5) is 2.51. The average molecular weight is 217 g/mol. The van der Waals surface area contributed by atoms with Crippen LogP contribution in [-0.4, -0.2) is 28.2 Å². The van der Waals surface area contributed by atoms with Crippen LogP contribution in [0.3, 0.4) is 0 Å². The Kier molecular flexibility index (Phi) is 2.30. The number of rotatable bonds is 1. The van der Waals surface area contributed by atoms with Crippen LogP contribution in [0.15, 0.2) is 30.3 Å². The van der Waals surface area contributed by atoms with Gasteiger partial charge in [0.2, 0.25) is 0 Å². The molecular weight excluding hydrogens is 198 g/mol. The molecule has 0 spiro atoms. The second-order valence-electron chi connectivity index (χ2n) is 5.42. The van der Waals surface area contributed by atoms with Gasteiger partial charge in [0, 0.05) is 5.54 Å². The van der Waals surface area contributed by atoms with E-state index < -0.39 is 0 Å². The van der Waals surface area contributed by atoms with E-state index in [-0.39, 0.29) is 17.7 Å². The zero-order valence-electron chi connectivity index (χ0n) is 9.76. The Morgan fingerprint density at radius 2 is 2.06 bits per heavy atom.